The maximum absolute atomic E-state index is 13.4. The van der Waals surface area contributed by atoms with Crippen molar-refractivity contribution in [2.75, 3.05) is 25.0 Å². The van der Waals surface area contributed by atoms with Gasteiger partial charge in [0.1, 0.15) is 10.8 Å². The second kappa shape index (κ2) is 10.3. The number of hydrogen-bond donors (Lipinski definition) is 1. The molecule has 168 valence electrons. The topological polar surface area (TPSA) is 82.4 Å². The maximum Gasteiger partial charge on any atom is 0.262 e. The molecule has 0 radical (unpaired) electrons. The van der Waals surface area contributed by atoms with Crippen LogP contribution >= 0.6 is 11.3 Å². The van der Waals surface area contributed by atoms with E-state index in [0.717, 1.165) is 48.4 Å². The zero-order valence-electron chi connectivity index (χ0n) is 18.5. The molecule has 0 bridgehead atoms. The number of carbonyl (C=O) groups is 2. The number of likely N-dealkylation sites (tertiary alicyclic amines) is 1. The van der Waals surface area contributed by atoms with Crippen molar-refractivity contribution in [2.45, 2.75) is 26.2 Å². The average Bonchev–Trinajstić information content (AvgIpc) is 3.19. The molecule has 0 spiro atoms. The lowest BCUT2D eigenvalue weighted by atomic mass is 10.0. The Hall–Kier alpha value is -3.63. The van der Waals surface area contributed by atoms with Crippen molar-refractivity contribution in [3.63, 3.8) is 0 Å². The molecule has 1 aromatic heterocycles. The molecule has 2 aromatic carbocycles. The highest BCUT2D eigenvalue weighted by Gasteiger charge is 2.27. The molecule has 1 saturated heterocycles. The third-order valence-corrected chi connectivity index (χ3v) is 6.90. The van der Waals surface area contributed by atoms with E-state index in [1.807, 2.05) is 48.2 Å². The van der Waals surface area contributed by atoms with E-state index in [-0.39, 0.29) is 18.4 Å². The number of thiophene rings is 1. The van der Waals surface area contributed by atoms with Crippen LogP contribution in [-0.4, -0.2) is 36.4 Å². The summed E-state index contributed by atoms with van der Waals surface area (Å²) in [7, 11) is 0. The standard InChI is InChI=1S/C26H25N3O3S/c1-18-23(26(31)29-14-6-3-7-15-29)25(33-24(18)20-8-4-2-5-9-20)28-22(30)17-32-21-12-10-19(16-27)11-13-21/h2,4-5,8-13H,3,6-7,14-15,17H2,1H3,(H,28,30). The zero-order valence-corrected chi connectivity index (χ0v) is 19.3. The molecule has 1 fully saturated rings. The quantitative estimate of drug-likeness (QED) is 0.547. The molecule has 4 rings (SSSR count). The predicted molar refractivity (Wildman–Crippen MR) is 130 cm³/mol. The third kappa shape index (κ3) is 5.24. The molecular weight excluding hydrogens is 434 g/mol. The van der Waals surface area contributed by atoms with E-state index in [4.69, 9.17) is 10.00 Å². The molecule has 33 heavy (non-hydrogen) atoms. The number of hydrogen-bond acceptors (Lipinski definition) is 5. The number of nitrogens with one attached hydrogen (secondary N) is 1. The van der Waals surface area contributed by atoms with E-state index < -0.39 is 0 Å². The van der Waals surface area contributed by atoms with Crippen molar-refractivity contribution in [3.05, 3.63) is 71.3 Å². The first-order valence-corrected chi connectivity index (χ1v) is 11.8. The van der Waals surface area contributed by atoms with E-state index in [0.29, 0.717) is 21.9 Å². The van der Waals surface area contributed by atoms with Crippen LogP contribution in [0.15, 0.2) is 54.6 Å². The van der Waals surface area contributed by atoms with Crippen molar-refractivity contribution in [3.8, 4) is 22.3 Å². The molecular formula is C26H25N3O3S. The van der Waals surface area contributed by atoms with Crippen molar-refractivity contribution < 1.29 is 14.3 Å². The Morgan fingerprint density at radius 2 is 1.76 bits per heavy atom. The van der Waals surface area contributed by atoms with Gasteiger partial charge in [0, 0.05) is 18.0 Å². The van der Waals surface area contributed by atoms with Gasteiger partial charge >= 0.3 is 0 Å². The first-order valence-electron chi connectivity index (χ1n) is 11.0. The van der Waals surface area contributed by atoms with Crippen LogP contribution in [0.4, 0.5) is 5.00 Å². The molecule has 2 amide bonds. The monoisotopic (exact) mass is 459 g/mol. The summed E-state index contributed by atoms with van der Waals surface area (Å²) in [6, 6.07) is 18.5. The summed E-state index contributed by atoms with van der Waals surface area (Å²) < 4.78 is 5.57. The number of carbonyl (C=O) groups excluding carboxylic acids is 2. The summed E-state index contributed by atoms with van der Waals surface area (Å²) in [4.78, 5) is 29.0. The maximum atomic E-state index is 13.4. The molecule has 7 heteroatoms. The fraction of sp³-hybridized carbons (Fsp3) is 0.269. The van der Waals surface area contributed by atoms with Crippen molar-refractivity contribution in [1.82, 2.24) is 4.90 Å². The fourth-order valence-electron chi connectivity index (χ4n) is 3.92. The molecule has 2 heterocycles. The minimum absolute atomic E-state index is 0.0334. The van der Waals surface area contributed by atoms with Crippen LogP contribution in [0.2, 0.25) is 0 Å². The highest BCUT2D eigenvalue weighted by atomic mass is 32.1. The summed E-state index contributed by atoms with van der Waals surface area (Å²) in [5.41, 5.74) is 2.98. The largest absolute Gasteiger partial charge is 0.484 e. The van der Waals surface area contributed by atoms with Gasteiger partial charge in [0.15, 0.2) is 6.61 Å². The van der Waals surface area contributed by atoms with E-state index in [9.17, 15) is 9.59 Å². The van der Waals surface area contributed by atoms with Crippen LogP contribution in [-0.2, 0) is 4.79 Å². The minimum Gasteiger partial charge on any atom is -0.484 e. The first-order chi connectivity index (χ1) is 16.1. The number of nitrogens with zero attached hydrogens (tertiary/aromatic N) is 2. The fourth-order valence-corrected chi connectivity index (χ4v) is 5.14. The van der Waals surface area contributed by atoms with Gasteiger partial charge in [-0.25, -0.2) is 0 Å². The number of ether oxygens (including phenoxy) is 1. The van der Waals surface area contributed by atoms with Crippen LogP contribution in [0.1, 0.15) is 40.7 Å². The molecule has 1 N–H and O–H groups in total. The summed E-state index contributed by atoms with van der Waals surface area (Å²) >= 11 is 1.42. The Labute approximate surface area is 197 Å². The molecule has 1 aliphatic rings. The second-order valence-corrected chi connectivity index (χ2v) is 8.97. The summed E-state index contributed by atoms with van der Waals surface area (Å²) in [5.74, 6) is 0.128. The molecule has 1 aliphatic heterocycles. The SMILES string of the molecule is Cc1c(-c2ccccc2)sc(NC(=O)COc2ccc(C#N)cc2)c1C(=O)N1CCCCC1. The Morgan fingerprint density at radius 3 is 2.42 bits per heavy atom. The van der Waals surface area contributed by atoms with Crippen LogP contribution in [0.3, 0.4) is 0 Å². The Balaban J connectivity index is 1.56. The lowest BCUT2D eigenvalue weighted by Gasteiger charge is -2.27. The van der Waals surface area contributed by atoms with E-state index >= 15 is 0 Å². The number of nitriles is 1. The van der Waals surface area contributed by atoms with Gasteiger partial charge in [-0.15, -0.1) is 11.3 Å². The lowest BCUT2D eigenvalue weighted by Crippen LogP contribution is -2.36. The third-order valence-electron chi connectivity index (χ3n) is 5.65. The van der Waals surface area contributed by atoms with Crippen LogP contribution in [0, 0.1) is 18.3 Å². The number of piperidine rings is 1. The van der Waals surface area contributed by atoms with Gasteiger partial charge < -0.3 is 15.0 Å². The molecule has 0 atom stereocenters. The van der Waals surface area contributed by atoms with Crippen molar-refractivity contribution in [1.29, 1.82) is 5.26 Å². The van der Waals surface area contributed by atoms with Crippen LogP contribution in [0.5, 0.6) is 5.75 Å². The molecule has 0 saturated carbocycles. The van der Waals surface area contributed by atoms with Gasteiger partial charge in [-0.05, 0) is 61.6 Å². The van der Waals surface area contributed by atoms with Gasteiger partial charge in [-0.3, -0.25) is 9.59 Å². The number of rotatable bonds is 6. The second-order valence-electron chi connectivity index (χ2n) is 7.95. The first kappa shape index (κ1) is 22.6. The minimum atomic E-state index is -0.340. The smallest absolute Gasteiger partial charge is 0.262 e. The van der Waals surface area contributed by atoms with Crippen molar-refractivity contribution in [2.24, 2.45) is 0 Å². The number of anilines is 1. The van der Waals surface area contributed by atoms with E-state index in [2.05, 4.69) is 5.32 Å². The van der Waals surface area contributed by atoms with Crippen LogP contribution in [0.25, 0.3) is 10.4 Å². The summed E-state index contributed by atoms with van der Waals surface area (Å²) in [6.45, 7) is 3.23. The highest BCUT2D eigenvalue weighted by molar-refractivity contribution is 7.20. The Kier molecular flexibility index (Phi) is 7.06. The van der Waals surface area contributed by atoms with Gasteiger partial charge in [-0.2, -0.15) is 5.26 Å². The molecule has 3 aromatic rings. The van der Waals surface area contributed by atoms with Crippen LogP contribution < -0.4 is 10.1 Å². The lowest BCUT2D eigenvalue weighted by molar-refractivity contribution is -0.118. The molecule has 0 unspecified atom stereocenters. The highest BCUT2D eigenvalue weighted by Crippen LogP contribution is 2.40. The van der Waals surface area contributed by atoms with Gasteiger partial charge in [-0.1, -0.05) is 30.3 Å². The van der Waals surface area contributed by atoms with Gasteiger partial charge in [0.05, 0.1) is 17.2 Å². The Bertz CT molecular complexity index is 1170. The van der Waals surface area contributed by atoms with Crippen molar-refractivity contribution >= 4 is 28.2 Å². The molecule has 6 nitrogen and oxygen atoms in total. The van der Waals surface area contributed by atoms with E-state index in [1.165, 1.54) is 11.3 Å². The summed E-state index contributed by atoms with van der Waals surface area (Å²) in [6.07, 6.45) is 3.14. The number of benzene rings is 2. The predicted octanol–water partition coefficient (Wildman–Crippen LogP) is 5.24. The number of amides is 2. The average molecular weight is 460 g/mol. The Morgan fingerprint density at radius 1 is 1.06 bits per heavy atom. The zero-order chi connectivity index (χ0) is 23.2. The van der Waals surface area contributed by atoms with Gasteiger partial charge in [0.2, 0.25) is 0 Å². The molecule has 0 aliphatic carbocycles. The van der Waals surface area contributed by atoms with Gasteiger partial charge in [0.25, 0.3) is 11.8 Å². The summed E-state index contributed by atoms with van der Waals surface area (Å²) in [5, 5.41) is 12.4. The van der Waals surface area contributed by atoms with E-state index in [1.54, 1.807) is 24.3 Å². The normalized spacial score (nSPS) is 13.3.